The highest BCUT2D eigenvalue weighted by Gasteiger charge is 2.20. The fourth-order valence-corrected chi connectivity index (χ4v) is 2.31. The predicted octanol–water partition coefficient (Wildman–Crippen LogP) is 1.55. The van der Waals surface area contributed by atoms with Gasteiger partial charge in [-0.25, -0.2) is 4.79 Å². The summed E-state index contributed by atoms with van der Waals surface area (Å²) in [5.41, 5.74) is 8.05. The van der Waals surface area contributed by atoms with Gasteiger partial charge in [-0.3, -0.25) is 0 Å². The molecule has 19 heavy (non-hydrogen) atoms. The smallest absolute Gasteiger partial charge is 0.407 e. The Balaban J connectivity index is 1.98. The van der Waals surface area contributed by atoms with E-state index in [0.29, 0.717) is 25.6 Å². The first-order valence-electron chi connectivity index (χ1n) is 6.64. The van der Waals surface area contributed by atoms with Gasteiger partial charge in [0.05, 0.1) is 0 Å². The largest absolute Gasteiger partial charge is 0.465 e. The van der Waals surface area contributed by atoms with Crippen LogP contribution >= 0.6 is 0 Å². The minimum absolute atomic E-state index is 0.373. The average molecular weight is 263 g/mol. The first-order chi connectivity index (χ1) is 9.11. The molecule has 0 aliphatic carbocycles. The maximum atomic E-state index is 10.8. The lowest BCUT2D eigenvalue weighted by Crippen LogP contribution is -2.48. The summed E-state index contributed by atoms with van der Waals surface area (Å²) in [6.07, 6.45) is -0.827. The lowest BCUT2D eigenvalue weighted by atomic mass is 10.0. The zero-order chi connectivity index (χ0) is 13.8. The molecule has 1 atom stereocenters. The van der Waals surface area contributed by atoms with Gasteiger partial charge in [0.15, 0.2) is 0 Å². The van der Waals surface area contributed by atoms with Gasteiger partial charge in [0, 0.05) is 31.9 Å². The van der Waals surface area contributed by atoms with Crippen molar-refractivity contribution >= 4 is 11.8 Å². The zero-order valence-electron chi connectivity index (χ0n) is 11.2. The third-order valence-corrected chi connectivity index (χ3v) is 3.73. The monoisotopic (exact) mass is 263 g/mol. The molecule has 0 bridgehead atoms. The Labute approximate surface area is 113 Å². The van der Waals surface area contributed by atoms with Crippen molar-refractivity contribution in [1.29, 1.82) is 0 Å². The van der Waals surface area contributed by atoms with E-state index in [9.17, 15) is 4.79 Å². The highest BCUT2D eigenvalue weighted by atomic mass is 16.4. The fourth-order valence-electron chi connectivity index (χ4n) is 2.31. The van der Waals surface area contributed by atoms with Crippen molar-refractivity contribution in [3.8, 4) is 0 Å². The molecule has 5 nitrogen and oxygen atoms in total. The molecular formula is C14H21N3O2. The molecule has 0 spiro atoms. The molecule has 1 aromatic rings. The number of nitrogens with two attached hydrogens (primary N) is 1. The summed E-state index contributed by atoms with van der Waals surface area (Å²) >= 11 is 0. The normalized spacial score (nSPS) is 17.4. The van der Waals surface area contributed by atoms with Crippen LogP contribution in [0.2, 0.25) is 0 Å². The Bertz CT molecular complexity index is 425. The minimum atomic E-state index is -0.827. The fraction of sp³-hybridized carbons (Fsp3) is 0.500. The molecule has 0 radical (unpaired) electrons. The first-order valence-corrected chi connectivity index (χ1v) is 6.64. The quantitative estimate of drug-likeness (QED) is 0.868. The summed E-state index contributed by atoms with van der Waals surface area (Å²) in [4.78, 5) is 14.5. The van der Waals surface area contributed by atoms with Crippen LogP contribution < -0.4 is 10.6 Å². The number of amides is 1. The molecule has 1 aromatic carbocycles. The van der Waals surface area contributed by atoms with Gasteiger partial charge in [-0.15, -0.1) is 0 Å². The second-order valence-electron chi connectivity index (χ2n) is 4.98. The lowest BCUT2D eigenvalue weighted by Gasteiger charge is -2.34. The number of hydrogen-bond acceptors (Lipinski definition) is 3. The van der Waals surface area contributed by atoms with E-state index < -0.39 is 6.09 Å². The molecule has 3 N–H and O–H groups in total. The number of piperazine rings is 1. The Kier molecular flexibility index (Phi) is 4.27. The third-order valence-electron chi connectivity index (χ3n) is 3.73. The summed E-state index contributed by atoms with van der Waals surface area (Å²) in [6, 6.07) is 8.41. The van der Waals surface area contributed by atoms with Crippen LogP contribution in [0.5, 0.6) is 0 Å². The molecule has 5 heteroatoms. The van der Waals surface area contributed by atoms with E-state index >= 15 is 0 Å². The molecule has 1 saturated heterocycles. The van der Waals surface area contributed by atoms with Gasteiger partial charge in [0.2, 0.25) is 0 Å². The Hall–Kier alpha value is -1.75. The van der Waals surface area contributed by atoms with Crippen LogP contribution in [-0.4, -0.2) is 48.8 Å². The molecule has 1 aliphatic heterocycles. The summed E-state index contributed by atoms with van der Waals surface area (Å²) in [5.74, 6) is 0.373. The van der Waals surface area contributed by atoms with Gasteiger partial charge in [0.1, 0.15) is 0 Å². The van der Waals surface area contributed by atoms with Gasteiger partial charge >= 0.3 is 6.09 Å². The van der Waals surface area contributed by atoms with Crippen molar-refractivity contribution in [3.05, 3.63) is 29.8 Å². The summed E-state index contributed by atoms with van der Waals surface area (Å²) in [5, 5.41) is 8.92. The standard InChI is InChI=1S/C14H21N3O2/c1-11(10-15)12-2-4-13(5-3-12)16-6-8-17(9-7-16)14(18)19/h2-5,11H,6-10,15H2,1H3,(H,18,19). The molecule has 1 aliphatic rings. The van der Waals surface area contributed by atoms with Crippen LogP contribution in [0.1, 0.15) is 18.4 Å². The van der Waals surface area contributed by atoms with E-state index in [-0.39, 0.29) is 0 Å². The van der Waals surface area contributed by atoms with E-state index in [4.69, 9.17) is 10.8 Å². The van der Waals surface area contributed by atoms with Crippen LogP contribution in [0.4, 0.5) is 10.5 Å². The number of benzene rings is 1. The van der Waals surface area contributed by atoms with Crippen molar-refractivity contribution in [2.75, 3.05) is 37.6 Å². The van der Waals surface area contributed by atoms with E-state index in [1.165, 1.54) is 10.5 Å². The zero-order valence-corrected chi connectivity index (χ0v) is 11.2. The number of carboxylic acid groups (broad SMARTS) is 1. The first kappa shape index (κ1) is 13.7. The van der Waals surface area contributed by atoms with Gasteiger partial charge in [0.25, 0.3) is 0 Å². The van der Waals surface area contributed by atoms with Crippen LogP contribution in [-0.2, 0) is 0 Å². The SMILES string of the molecule is CC(CN)c1ccc(N2CCN(C(=O)O)CC2)cc1. The minimum Gasteiger partial charge on any atom is -0.465 e. The van der Waals surface area contributed by atoms with E-state index in [1.54, 1.807) is 0 Å². The molecule has 104 valence electrons. The van der Waals surface area contributed by atoms with Crippen LogP contribution in [0.3, 0.4) is 0 Å². The van der Waals surface area contributed by atoms with E-state index in [0.717, 1.165) is 18.8 Å². The highest BCUT2D eigenvalue weighted by Crippen LogP contribution is 2.21. The van der Waals surface area contributed by atoms with Crippen molar-refractivity contribution in [3.63, 3.8) is 0 Å². The molecule has 0 saturated carbocycles. The number of rotatable bonds is 3. The molecule has 2 rings (SSSR count). The van der Waals surface area contributed by atoms with Gasteiger partial charge < -0.3 is 20.6 Å². The Morgan fingerprint density at radius 2 is 1.84 bits per heavy atom. The van der Waals surface area contributed by atoms with Crippen molar-refractivity contribution in [2.24, 2.45) is 5.73 Å². The maximum absolute atomic E-state index is 10.8. The van der Waals surface area contributed by atoms with Crippen molar-refractivity contribution in [2.45, 2.75) is 12.8 Å². The third kappa shape index (κ3) is 3.17. The molecule has 1 amide bonds. The maximum Gasteiger partial charge on any atom is 0.407 e. The summed E-state index contributed by atoms with van der Waals surface area (Å²) in [6.45, 7) is 5.39. The van der Waals surface area contributed by atoms with E-state index in [2.05, 4.69) is 36.1 Å². The van der Waals surface area contributed by atoms with Crippen molar-refractivity contribution in [1.82, 2.24) is 4.90 Å². The van der Waals surface area contributed by atoms with E-state index in [1.807, 2.05) is 0 Å². The van der Waals surface area contributed by atoms with Gasteiger partial charge in [-0.1, -0.05) is 19.1 Å². The molecule has 0 aromatic heterocycles. The molecular weight excluding hydrogens is 242 g/mol. The van der Waals surface area contributed by atoms with Crippen LogP contribution in [0.15, 0.2) is 24.3 Å². The highest BCUT2D eigenvalue weighted by molar-refractivity contribution is 5.65. The average Bonchev–Trinajstić information content (AvgIpc) is 2.46. The second-order valence-corrected chi connectivity index (χ2v) is 4.98. The van der Waals surface area contributed by atoms with Crippen molar-refractivity contribution < 1.29 is 9.90 Å². The number of hydrogen-bond donors (Lipinski definition) is 2. The molecule has 1 unspecified atom stereocenters. The van der Waals surface area contributed by atoms with Crippen LogP contribution in [0.25, 0.3) is 0 Å². The predicted molar refractivity (Wildman–Crippen MR) is 75.7 cm³/mol. The second kappa shape index (κ2) is 5.93. The number of carbonyl (C=O) groups is 1. The summed E-state index contributed by atoms with van der Waals surface area (Å²) < 4.78 is 0. The molecule has 1 heterocycles. The lowest BCUT2D eigenvalue weighted by molar-refractivity contribution is 0.142. The van der Waals surface area contributed by atoms with Gasteiger partial charge in [-0.2, -0.15) is 0 Å². The number of nitrogens with zero attached hydrogens (tertiary/aromatic N) is 2. The van der Waals surface area contributed by atoms with Gasteiger partial charge in [-0.05, 0) is 30.2 Å². The summed E-state index contributed by atoms with van der Waals surface area (Å²) in [7, 11) is 0. The van der Waals surface area contributed by atoms with Crippen LogP contribution in [0, 0.1) is 0 Å². The number of anilines is 1. The Morgan fingerprint density at radius 3 is 2.32 bits per heavy atom. The Morgan fingerprint density at radius 1 is 1.26 bits per heavy atom. The topological polar surface area (TPSA) is 69.8 Å². The molecule has 1 fully saturated rings.